The Morgan fingerprint density at radius 3 is 2.29 bits per heavy atom. The van der Waals surface area contributed by atoms with E-state index in [0.29, 0.717) is 12.2 Å². The minimum absolute atomic E-state index is 0.265. The fraction of sp³-hybridized carbons (Fsp3) is 0.600. The molecule has 4 atom stereocenters. The van der Waals surface area contributed by atoms with Gasteiger partial charge in [-0.1, -0.05) is 0 Å². The van der Waals surface area contributed by atoms with E-state index in [0.717, 1.165) is 6.07 Å². The van der Waals surface area contributed by atoms with Crippen LogP contribution in [0, 0.1) is 18.6 Å². The van der Waals surface area contributed by atoms with Gasteiger partial charge in [-0.15, -0.1) is 0 Å². The van der Waals surface area contributed by atoms with Gasteiger partial charge in [-0.25, -0.2) is 8.78 Å². The summed E-state index contributed by atoms with van der Waals surface area (Å²) in [7, 11) is 4.60. The van der Waals surface area contributed by atoms with Crippen molar-refractivity contribution in [2.75, 3.05) is 27.9 Å². The summed E-state index contributed by atoms with van der Waals surface area (Å²) in [6, 6.07) is 2.31. The highest BCUT2D eigenvalue weighted by Gasteiger charge is 2.46. The van der Waals surface area contributed by atoms with E-state index in [1.54, 1.807) is 14.0 Å². The smallest absolute Gasteiger partial charge is 0.132 e. The molecule has 6 heteroatoms. The van der Waals surface area contributed by atoms with Crippen LogP contribution in [0.15, 0.2) is 12.1 Å². The molecule has 1 saturated heterocycles. The first-order chi connectivity index (χ1) is 10.0. The van der Waals surface area contributed by atoms with Crippen molar-refractivity contribution in [2.24, 2.45) is 0 Å². The molecule has 21 heavy (non-hydrogen) atoms. The highest BCUT2D eigenvalue weighted by molar-refractivity contribution is 5.29. The molecule has 1 aromatic carbocycles. The average molecular weight is 302 g/mol. The van der Waals surface area contributed by atoms with Crippen LogP contribution in [0.5, 0.6) is 0 Å². The van der Waals surface area contributed by atoms with E-state index in [4.69, 9.17) is 18.9 Å². The Balaban J connectivity index is 2.36. The van der Waals surface area contributed by atoms with Crippen molar-refractivity contribution in [1.82, 2.24) is 0 Å². The van der Waals surface area contributed by atoms with E-state index < -0.39 is 23.8 Å². The lowest BCUT2D eigenvalue weighted by Crippen LogP contribution is -2.36. The van der Waals surface area contributed by atoms with E-state index in [-0.39, 0.29) is 17.8 Å². The monoisotopic (exact) mass is 302 g/mol. The van der Waals surface area contributed by atoms with Crippen LogP contribution < -0.4 is 0 Å². The molecule has 1 unspecified atom stereocenters. The molecule has 0 amide bonds. The zero-order chi connectivity index (χ0) is 15.6. The normalized spacial score (nSPS) is 29.0. The number of rotatable bonds is 5. The van der Waals surface area contributed by atoms with Crippen molar-refractivity contribution in [1.29, 1.82) is 0 Å². The van der Waals surface area contributed by atoms with Gasteiger partial charge >= 0.3 is 0 Å². The second-order valence-corrected chi connectivity index (χ2v) is 5.07. The van der Waals surface area contributed by atoms with Crippen LogP contribution in [-0.4, -0.2) is 46.2 Å². The van der Waals surface area contributed by atoms with Crippen LogP contribution in [0.3, 0.4) is 0 Å². The lowest BCUT2D eigenvalue weighted by molar-refractivity contribution is -0.0480. The van der Waals surface area contributed by atoms with Gasteiger partial charge in [0.2, 0.25) is 0 Å². The number of halogens is 2. The fourth-order valence-corrected chi connectivity index (χ4v) is 2.72. The van der Waals surface area contributed by atoms with E-state index >= 15 is 0 Å². The molecule has 118 valence electrons. The van der Waals surface area contributed by atoms with Crippen molar-refractivity contribution in [2.45, 2.75) is 31.3 Å². The van der Waals surface area contributed by atoms with Gasteiger partial charge in [0.05, 0.1) is 6.61 Å². The molecule has 0 spiro atoms. The number of benzene rings is 1. The molecule has 0 radical (unpaired) electrons. The Labute approximate surface area is 122 Å². The molecule has 0 bridgehead atoms. The predicted octanol–water partition coefficient (Wildman–Crippen LogP) is 2.39. The molecule has 1 heterocycles. The van der Waals surface area contributed by atoms with Crippen LogP contribution in [0.25, 0.3) is 0 Å². The summed E-state index contributed by atoms with van der Waals surface area (Å²) >= 11 is 0. The van der Waals surface area contributed by atoms with Crippen molar-refractivity contribution in [3.05, 3.63) is 34.9 Å². The quantitative estimate of drug-likeness (QED) is 0.837. The third kappa shape index (κ3) is 3.08. The summed E-state index contributed by atoms with van der Waals surface area (Å²) in [4.78, 5) is 0. The van der Waals surface area contributed by atoms with Crippen LogP contribution in [-0.2, 0) is 18.9 Å². The summed E-state index contributed by atoms with van der Waals surface area (Å²) in [5.74, 6) is -1.24. The second kappa shape index (κ2) is 6.79. The van der Waals surface area contributed by atoms with Gasteiger partial charge in [-0.2, -0.15) is 0 Å². The number of ether oxygens (including phenoxy) is 4. The molecule has 1 fully saturated rings. The van der Waals surface area contributed by atoms with Crippen molar-refractivity contribution in [3.8, 4) is 0 Å². The number of aryl methyl sites for hydroxylation is 1. The summed E-state index contributed by atoms with van der Waals surface area (Å²) in [5.41, 5.74) is 0.621. The number of hydrogen-bond acceptors (Lipinski definition) is 4. The molecule has 0 aromatic heterocycles. The standard InChI is InChI=1S/C15H20F2O4/c1-8-5-9(11(17)6-10(8)16)13-15(20-4)14(19-3)12(21-13)7-18-2/h5-6,12-15H,7H2,1-4H3/t12-,13+,14?,15-/m1/s1. The molecular formula is C15H20F2O4. The van der Waals surface area contributed by atoms with E-state index in [2.05, 4.69) is 0 Å². The van der Waals surface area contributed by atoms with Gasteiger partial charge in [0.15, 0.2) is 0 Å². The lowest BCUT2D eigenvalue weighted by atomic mass is 9.99. The summed E-state index contributed by atoms with van der Waals surface area (Å²) in [6.45, 7) is 1.88. The van der Waals surface area contributed by atoms with Gasteiger partial charge in [0.25, 0.3) is 0 Å². The Morgan fingerprint density at radius 2 is 1.71 bits per heavy atom. The lowest BCUT2D eigenvalue weighted by Gasteiger charge is -2.22. The largest absolute Gasteiger partial charge is 0.382 e. The van der Waals surface area contributed by atoms with Crippen LogP contribution >= 0.6 is 0 Å². The first kappa shape index (κ1) is 16.3. The van der Waals surface area contributed by atoms with Gasteiger partial charge in [-0.05, 0) is 18.6 Å². The van der Waals surface area contributed by atoms with Crippen molar-refractivity contribution in [3.63, 3.8) is 0 Å². The molecule has 4 nitrogen and oxygen atoms in total. The minimum Gasteiger partial charge on any atom is -0.382 e. The summed E-state index contributed by atoms with van der Waals surface area (Å²) < 4.78 is 49.2. The molecule has 0 saturated carbocycles. The number of hydrogen-bond donors (Lipinski definition) is 0. The molecule has 1 aliphatic heterocycles. The topological polar surface area (TPSA) is 36.9 Å². The van der Waals surface area contributed by atoms with Crippen molar-refractivity contribution >= 4 is 0 Å². The first-order valence-corrected chi connectivity index (χ1v) is 6.69. The molecule has 1 aromatic rings. The van der Waals surface area contributed by atoms with Crippen LogP contribution in [0.1, 0.15) is 17.2 Å². The first-order valence-electron chi connectivity index (χ1n) is 6.69. The Hall–Kier alpha value is -1.08. The Kier molecular flexibility index (Phi) is 5.27. The van der Waals surface area contributed by atoms with E-state index in [9.17, 15) is 8.78 Å². The van der Waals surface area contributed by atoms with E-state index in [1.807, 2.05) is 0 Å². The zero-order valence-electron chi connectivity index (χ0n) is 12.6. The van der Waals surface area contributed by atoms with Crippen LogP contribution in [0.4, 0.5) is 8.78 Å². The van der Waals surface area contributed by atoms with Crippen molar-refractivity contribution < 1.29 is 27.7 Å². The SMILES string of the molecule is COC[C@H]1O[C@@H](c2cc(C)c(F)cc2F)[C@@H](OC)C1OC. The second-order valence-electron chi connectivity index (χ2n) is 5.07. The summed E-state index contributed by atoms with van der Waals surface area (Å²) in [5, 5.41) is 0. The molecule has 0 aliphatic carbocycles. The highest BCUT2D eigenvalue weighted by Crippen LogP contribution is 2.38. The minimum atomic E-state index is -0.667. The molecule has 2 rings (SSSR count). The zero-order valence-corrected chi connectivity index (χ0v) is 12.6. The molecule has 0 N–H and O–H groups in total. The predicted molar refractivity (Wildman–Crippen MR) is 72.2 cm³/mol. The third-order valence-corrected chi connectivity index (χ3v) is 3.77. The van der Waals surface area contributed by atoms with E-state index in [1.165, 1.54) is 20.3 Å². The van der Waals surface area contributed by atoms with Gasteiger partial charge < -0.3 is 18.9 Å². The Bertz CT molecular complexity index is 495. The van der Waals surface area contributed by atoms with Gasteiger partial charge in [-0.3, -0.25) is 0 Å². The fourth-order valence-electron chi connectivity index (χ4n) is 2.72. The third-order valence-electron chi connectivity index (χ3n) is 3.77. The molecule has 1 aliphatic rings. The Morgan fingerprint density at radius 1 is 1.05 bits per heavy atom. The van der Waals surface area contributed by atoms with Crippen LogP contribution in [0.2, 0.25) is 0 Å². The highest BCUT2D eigenvalue weighted by atomic mass is 19.1. The summed E-state index contributed by atoms with van der Waals surface area (Å²) in [6.07, 6.45) is -1.92. The maximum atomic E-state index is 14.1. The molecular weight excluding hydrogens is 282 g/mol. The van der Waals surface area contributed by atoms with Gasteiger partial charge in [0.1, 0.15) is 36.1 Å². The van der Waals surface area contributed by atoms with Gasteiger partial charge in [0, 0.05) is 33.0 Å². The number of methoxy groups -OCH3 is 3. The maximum Gasteiger partial charge on any atom is 0.132 e. The average Bonchev–Trinajstić information content (AvgIpc) is 2.80. The maximum absolute atomic E-state index is 14.1.